The maximum atomic E-state index is 11.3. The zero-order chi connectivity index (χ0) is 13.6. The molecule has 0 amide bonds. The lowest BCUT2D eigenvalue weighted by Crippen LogP contribution is -2.14. The predicted molar refractivity (Wildman–Crippen MR) is 76.8 cm³/mol. The van der Waals surface area contributed by atoms with E-state index in [1.165, 1.54) is 0 Å². The van der Waals surface area contributed by atoms with E-state index < -0.39 is 9.84 Å². The molecule has 6 heteroatoms. The highest BCUT2D eigenvalue weighted by molar-refractivity contribution is 7.91. The molecule has 0 saturated carbocycles. The molecule has 0 aliphatic heterocycles. The highest BCUT2D eigenvalue weighted by atomic mass is 32.2. The fourth-order valence-corrected chi connectivity index (χ4v) is 2.42. The number of ether oxygens (including phenoxy) is 1. The Hall–Kier alpha value is -1.14. The van der Waals surface area contributed by atoms with Gasteiger partial charge in [-0.25, -0.2) is 8.42 Å². The molecule has 100 valence electrons. The molecular formula is C12H17NO3S2. The van der Waals surface area contributed by atoms with Crippen molar-refractivity contribution in [3.63, 3.8) is 0 Å². The molecule has 1 aromatic carbocycles. The molecule has 0 bridgehead atoms. The van der Waals surface area contributed by atoms with Crippen molar-refractivity contribution in [2.24, 2.45) is 5.73 Å². The molecule has 0 fully saturated rings. The summed E-state index contributed by atoms with van der Waals surface area (Å²) < 4.78 is 28.1. The molecule has 4 nitrogen and oxygen atoms in total. The van der Waals surface area contributed by atoms with Gasteiger partial charge < -0.3 is 10.5 Å². The molecule has 1 rings (SSSR count). The van der Waals surface area contributed by atoms with Crippen LogP contribution in [0.3, 0.4) is 0 Å². The molecule has 0 aliphatic rings. The summed E-state index contributed by atoms with van der Waals surface area (Å²) in [6, 6.07) is 7.19. The van der Waals surface area contributed by atoms with Gasteiger partial charge in [-0.1, -0.05) is 31.3 Å². The Morgan fingerprint density at radius 2 is 2.06 bits per heavy atom. The molecule has 0 aliphatic carbocycles. The maximum Gasteiger partial charge on any atom is 0.150 e. The Morgan fingerprint density at radius 3 is 2.67 bits per heavy atom. The maximum absolute atomic E-state index is 11.3. The van der Waals surface area contributed by atoms with E-state index in [-0.39, 0.29) is 16.5 Å². The van der Waals surface area contributed by atoms with Crippen molar-refractivity contribution in [2.75, 3.05) is 18.1 Å². The van der Waals surface area contributed by atoms with Crippen molar-refractivity contribution in [3.05, 3.63) is 29.8 Å². The minimum Gasteiger partial charge on any atom is -0.493 e. The second-order valence-electron chi connectivity index (χ2n) is 3.80. The molecule has 1 aromatic rings. The largest absolute Gasteiger partial charge is 0.493 e. The van der Waals surface area contributed by atoms with Gasteiger partial charge in [0.05, 0.1) is 17.9 Å². The van der Waals surface area contributed by atoms with Crippen molar-refractivity contribution in [1.29, 1.82) is 0 Å². The van der Waals surface area contributed by atoms with Crippen LogP contribution >= 0.6 is 12.2 Å². The molecule has 0 heterocycles. The standard InChI is InChI=1S/C12H17NO3S2/c1-2-18(14,15)9-5-8-16-11-7-4-3-6-10(11)12(13)17/h3-4,6-7H,2,5,8-9H2,1H3,(H2,13,17). The first kappa shape index (κ1) is 14.9. The summed E-state index contributed by atoms with van der Waals surface area (Å²) >= 11 is 4.91. The van der Waals surface area contributed by atoms with E-state index in [0.717, 1.165) is 0 Å². The van der Waals surface area contributed by atoms with E-state index in [0.29, 0.717) is 24.3 Å². The summed E-state index contributed by atoms with van der Waals surface area (Å²) in [7, 11) is -2.93. The first-order valence-corrected chi connectivity index (χ1v) is 7.91. The molecule has 0 radical (unpaired) electrons. The number of hydrogen-bond donors (Lipinski definition) is 1. The lowest BCUT2D eigenvalue weighted by molar-refractivity contribution is 0.317. The summed E-state index contributed by atoms with van der Waals surface area (Å²) in [6.07, 6.45) is 0.460. The summed E-state index contributed by atoms with van der Waals surface area (Å²) in [5.74, 6) is 0.897. The average molecular weight is 287 g/mol. The van der Waals surface area contributed by atoms with Crippen molar-refractivity contribution in [1.82, 2.24) is 0 Å². The van der Waals surface area contributed by atoms with Crippen LogP contribution in [0.4, 0.5) is 0 Å². The van der Waals surface area contributed by atoms with Crippen LogP contribution in [0.25, 0.3) is 0 Å². The van der Waals surface area contributed by atoms with E-state index in [1.54, 1.807) is 19.1 Å². The van der Waals surface area contributed by atoms with Gasteiger partial charge in [-0.15, -0.1) is 0 Å². The van der Waals surface area contributed by atoms with E-state index in [4.69, 9.17) is 22.7 Å². The van der Waals surface area contributed by atoms with Gasteiger partial charge in [0, 0.05) is 5.75 Å². The fraction of sp³-hybridized carbons (Fsp3) is 0.417. The number of rotatable bonds is 7. The van der Waals surface area contributed by atoms with E-state index in [9.17, 15) is 8.42 Å². The Bertz CT molecular complexity index is 512. The van der Waals surface area contributed by atoms with Crippen molar-refractivity contribution >= 4 is 27.0 Å². The summed E-state index contributed by atoms with van der Waals surface area (Å²) in [6.45, 7) is 1.97. The average Bonchev–Trinajstić information content (AvgIpc) is 2.35. The fourth-order valence-electron chi connectivity index (χ4n) is 1.40. The van der Waals surface area contributed by atoms with Crippen molar-refractivity contribution in [3.8, 4) is 5.75 Å². The Morgan fingerprint density at radius 1 is 1.39 bits per heavy atom. The minimum atomic E-state index is -2.93. The SMILES string of the molecule is CCS(=O)(=O)CCCOc1ccccc1C(N)=S. The van der Waals surface area contributed by atoms with Crippen LogP contribution in [0.5, 0.6) is 5.75 Å². The van der Waals surface area contributed by atoms with E-state index >= 15 is 0 Å². The second-order valence-corrected chi connectivity index (χ2v) is 6.71. The molecule has 0 unspecified atom stereocenters. The normalized spacial score (nSPS) is 11.2. The van der Waals surface area contributed by atoms with E-state index in [1.807, 2.05) is 12.1 Å². The van der Waals surface area contributed by atoms with Crippen LogP contribution in [-0.4, -0.2) is 31.5 Å². The number of sulfone groups is 1. The minimum absolute atomic E-state index is 0.138. The number of benzene rings is 1. The highest BCUT2D eigenvalue weighted by Crippen LogP contribution is 2.17. The molecule has 0 aromatic heterocycles. The van der Waals surface area contributed by atoms with Gasteiger partial charge in [-0.05, 0) is 18.6 Å². The number of nitrogens with two attached hydrogens (primary N) is 1. The van der Waals surface area contributed by atoms with Gasteiger partial charge in [0.25, 0.3) is 0 Å². The zero-order valence-corrected chi connectivity index (χ0v) is 11.9. The predicted octanol–water partition coefficient (Wildman–Crippen LogP) is 1.52. The molecule has 0 saturated heterocycles. The lowest BCUT2D eigenvalue weighted by Gasteiger charge is -2.10. The van der Waals surface area contributed by atoms with Crippen LogP contribution in [0.1, 0.15) is 18.9 Å². The van der Waals surface area contributed by atoms with Crippen LogP contribution in [0.2, 0.25) is 0 Å². The zero-order valence-electron chi connectivity index (χ0n) is 10.3. The molecule has 0 atom stereocenters. The van der Waals surface area contributed by atoms with Gasteiger partial charge >= 0.3 is 0 Å². The topological polar surface area (TPSA) is 69.4 Å². The second kappa shape index (κ2) is 6.70. The van der Waals surface area contributed by atoms with Gasteiger partial charge in [-0.2, -0.15) is 0 Å². The van der Waals surface area contributed by atoms with E-state index in [2.05, 4.69) is 0 Å². The van der Waals surface area contributed by atoms with Crippen molar-refractivity contribution in [2.45, 2.75) is 13.3 Å². The van der Waals surface area contributed by atoms with Gasteiger partial charge in [0.2, 0.25) is 0 Å². The number of hydrogen-bond acceptors (Lipinski definition) is 4. The molecule has 0 spiro atoms. The highest BCUT2D eigenvalue weighted by Gasteiger charge is 2.08. The monoisotopic (exact) mass is 287 g/mol. The number of thiocarbonyl (C=S) groups is 1. The van der Waals surface area contributed by atoms with Crippen LogP contribution < -0.4 is 10.5 Å². The molecular weight excluding hydrogens is 270 g/mol. The third kappa shape index (κ3) is 4.62. The Balaban J connectivity index is 2.52. The lowest BCUT2D eigenvalue weighted by atomic mass is 10.2. The smallest absolute Gasteiger partial charge is 0.150 e. The summed E-state index contributed by atoms with van der Waals surface area (Å²) in [4.78, 5) is 0.270. The summed E-state index contributed by atoms with van der Waals surface area (Å²) in [5.41, 5.74) is 6.24. The molecule has 2 N–H and O–H groups in total. The van der Waals surface area contributed by atoms with Gasteiger partial charge in [0.1, 0.15) is 20.6 Å². The number of para-hydroxylation sites is 1. The quantitative estimate of drug-likeness (QED) is 0.608. The van der Waals surface area contributed by atoms with Crippen molar-refractivity contribution < 1.29 is 13.2 Å². The summed E-state index contributed by atoms with van der Waals surface area (Å²) in [5, 5.41) is 0. The van der Waals surface area contributed by atoms with Gasteiger partial charge in [-0.3, -0.25) is 0 Å². The first-order valence-electron chi connectivity index (χ1n) is 5.68. The van der Waals surface area contributed by atoms with Gasteiger partial charge in [0.15, 0.2) is 0 Å². The Labute approximate surface area is 113 Å². The third-order valence-electron chi connectivity index (χ3n) is 2.45. The first-order chi connectivity index (χ1) is 8.46. The Kier molecular flexibility index (Phi) is 5.55. The van der Waals surface area contributed by atoms with Crippen LogP contribution in [-0.2, 0) is 9.84 Å². The third-order valence-corrected chi connectivity index (χ3v) is 4.46. The van der Waals surface area contributed by atoms with Crippen LogP contribution in [0.15, 0.2) is 24.3 Å². The van der Waals surface area contributed by atoms with Crippen LogP contribution in [0, 0.1) is 0 Å². The molecule has 18 heavy (non-hydrogen) atoms.